The van der Waals surface area contributed by atoms with E-state index in [0.717, 1.165) is 41.8 Å². The number of carbonyl (C=O) groups is 1. The molecular formula is C20H23N3O2. The summed E-state index contributed by atoms with van der Waals surface area (Å²) in [5.41, 5.74) is 9.76. The van der Waals surface area contributed by atoms with E-state index in [1.165, 1.54) is 11.1 Å². The van der Waals surface area contributed by atoms with Gasteiger partial charge < -0.3 is 20.2 Å². The first-order valence-electron chi connectivity index (χ1n) is 8.55. The Hall–Kier alpha value is -2.66. The van der Waals surface area contributed by atoms with Gasteiger partial charge in [-0.25, -0.2) is 4.98 Å². The number of carboxylic acid groups (broad SMARTS) is 1. The number of benzene rings is 2. The second-order valence-electron chi connectivity index (χ2n) is 6.48. The molecule has 3 N–H and O–H groups in total. The number of aromatic carboxylic acids is 1. The third kappa shape index (κ3) is 3.56. The van der Waals surface area contributed by atoms with Gasteiger partial charge in [-0.2, -0.15) is 0 Å². The lowest BCUT2D eigenvalue weighted by molar-refractivity contribution is -0.368. The SMILES string of the molecule is Cc1cc2nc(CCC[NH3+])n(Cc3ccc(C(=O)[O-])cc3)c2cc1C. The molecule has 1 heterocycles. The predicted octanol–water partition coefficient (Wildman–Crippen LogP) is 1.24. The summed E-state index contributed by atoms with van der Waals surface area (Å²) < 4.78 is 2.23. The van der Waals surface area contributed by atoms with Gasteiger partial charge in [0.05, 0.1) is 23.5 Å². The van der Waals surface area contributed by atoms with Gasteiger partial charge in [-0.1, -0.05) is 24.3 Å². The van der Waals surface area contributed by atoms with Crippen molar-refractivity contribution in [3.8, 4) is 0 Å². The minimum atomic E-state index is -1.15. The van der Waals surface area contributed by atoms with Gasteiger partial charge in [0.25, 0.3) is 0 Å². The lowest BCUT2D eigenvalue weighted by atomic mass is 10.1. The van der Waals surface area contributed by atoms with E-state index in [2.05, 4.69) is 36.3 Å². The van der Waals surface area contributed by atoms with Gasteiger partial charge in [-0.05, 0) is 48.2 Å². The second-order valence-corrected chi connectivity index (χ2v) is 6.48. The van der Waals surface area contributed by atoms with Crippen LogP contribution in [0.25, 0.3) is 11.0 Å². The van der Waals surface area contributed by atoms with Crippen LogP contribution < -0.4 is 10.8 Å². The summed E-state index contributed by atoms with van der Waals surface area (Å²) in [5.74, 6) is -0.102. The Labute approximate surface area is 147 Å². The van der Waals surface area contributed by atoms with Gasteiger partial charge in [-0.3, -0.25) is 0 Å². The number of quaternary nitrogens is 1. The molecule has 0 amide bonds. The maximum absolute atomic E-state index is 10.9. The molecule has 0 saturated carbocycles. The van der Waals surface area contributed by atoms with Crippen molar-refractivity contribution in [2.45, 2.75) is 33.2 Å². The van der Waals surface area contributed by atoms with Crippen molar-refractivity contribution >= 4 is 17.0 Å². The van der Waals surface area contributed by atoms with Crippen molar-refractivity contribution in [1.29, 1.82) is 0 Å². The van der Waals surface area contributed by atoms with Crippen molar-refractivity contribution in [1.82, 2.24) is 9.55 Å². The van der Waals surface area contributed by atoms with E-state index in [4.69, 9.17) is 4.98 Å². The lowest BCUT2D eigenvalue weighted by Crippen LogP contribution is -2.50. The van der Waals surface area contributed by atoms with Crippen molar-refractivity contribution in [2.75, 3.05) is 6.54 Å². The summed E-state index contributed by atoms with van der Waals surface area (Å²) in [4.78, 5) is 15.7. The molecule has 0 saturated heterocycles. The molecule has 0 bridgehead atoms. The van der Waals surface area contributed by atoms with E-state index in [1.807, 2.05) is 12.1 Å². The zero-order valence-corrected chi connectivity index (χ0v) is 14.7. The van der Waals surface area contributed by atoms with Gasteiger partial charge >= 0.3 is 0 Å². The lowest BCUT2D eigenvalue weighted by Gasteiger charge is -2.11. The minimum Gasteiger partial charge on any atom is -0.545 e. The summed E-state index contributed by atoms with van der Waals surface area (Å²) >= 11 is 0. The number of carbonyl (C=O) groups excluding carboxylic acids is 1. The Morgan fingerprint density at radius 1 is 1.16 bits per heavy atom. The fraction of sp³-hybridized carbons (Fsp3) is 0.300. The molecule has 0 aliphatic carbocycles. The number of hydrogen-bond donors (Lipinski definition) is 1. The van der Waals surface area contributed by atoms with Gasteiger partial charge in [0, 0.05) is 19.4 Å². The molecular weight excluding hydrogens is 314 g/mol. The fourth-order valence-electron chi connectivity index (χ4n) is 3.01. The van der Waals surface area contributed by atoms with Crippen molar-refractivity contribution < 1.29 is 15.6 Å². The Bertz CT molecular complexity index is 911. The third-order valence-electron chi connectivity index (χ3n) is 4.62. The molecule has 0 aliphatic rings. The van der Waals surface area contributed by atoms with E-state index >= 15 is 0 Å². The third-order valence-corrected chi connectivity index (χ3v) is 4.62. The number of aromatic nitrogens is 2. The number of nitrogens with zero attached hydrogens (tertiary/aromatic N) is 2. The molecule has 25 heavy (non-hydrogen) atoms. The highest BCUT2D eigenvalue weighted by molar-refractivity contribution is 5.85. The first-order valence-corrected chi connectivity index (χ1v) is 8.55. The van der Waals surface area contributed by atoms with Crippen LogP contribution in [-0.4, -0.2) is 22.1 Å². The zero-order chi connectivity index (χ0) is 18.0. The first kappa shape index (κ1) is 17.2. The van der Waals surface area contributed by atoms with Crippen LogP contribution in [0.1, 0.15) is 39.3 Å². The normalized spacial score (nSPS) is 11.2. The fourth-order valence-corrected chi connectivity index (χ4v) is 3.01. The van der Waals surface area contributed by atoms with Crippen LogP contribution in [0.3, 0.4) is 0 Å². The number of imidazole rings is 1. The highest BCUT2D eigenvalue weighted by Crippen LogP contribution is 2.23. The molecule has 5 nitrogen and oxygen atoms in total. The Morgan fingerprint density at radius 3 is 2.48 bits per heavy atom. The first-order chi connectivity index (χ1) is 12.0. The van der Waals surface area contributed by atoms with Gasteiger partial charge in [0.2, 0.25) is 0 Å². The predicted molar refractivity (Wildman–Crippen MR) is 95.2 cm³/mol. The molecule has 3 rings (SSSR count). The van der Waals surface area contributed by atoms with E-state index < -0.39 is 5.97 Å². The molecule has 0 unspecified atom stereocenters. The van der Waals surface area contributed by atoms with Gasteiger partial charge in [-0.15, -0.1) is 0 Å². The number of rotatable bonds is 6. The van der Waals surface area contributed by atoms with Crippen LogP contribution in [-0.2, 0) is 13.0 Å². The highest BCUT2D eigenvalue weighted by atomic mass is 16.4. The number of fused-ring (bicyclic) bond motifs is 1. The number of aryl methyl sites for hydroxylation is 3. The molecule has 1 aromatic heterocycles. The van der Waals surface area contributed by atoms with E-state index in [0.29, 0.717) is 6.54 Å². The monoisotopic (exact) mass is 337 g/mol. The Morgan fingerprint density at radius 2 is 1.84 bits per heavy atom. The van der Waals surface area contributed by atoms with Crippen LogP contribution in [0.15, 0.2) is 36.4 Å². The summed E-state index contributed by atoms with van der Waals surface area (Å²) in [7, 11) is 0. The summed E-state index contributed by atoms with van der Waals surface area (Å²) in [6, 6.07) is 11.2. The topological polar surface area (TPSA) is 85.6 Å². The Balaban J connectivity index is 2.02. The molecule has 0 radical (unpaired) electrons. The number of carboxylic acids is 1. The molecule has 0 aliphatic heterocycles. The molecule has 5 heteroatoms. The minimum absolute atomic E-state index is 0.197. The summed E-state index contributed by atoms with van der Waals surface area (Å²) in [6.07, 6.45) is 1.87. The molecule has 0 fully saturated rings. The van der Waals surface area contributed by atoms with Crippen molar-refractivity contribution in [2.24, 2.45) is 0 Å². The molecule has 0 atom stereocenters. The standard InChI is InChI=1S/C20H23N3O2/c1-13-10-17-18(11-14(13)2)23(19(22-17)4-3-9-21)12-15-5-7-16(8-6-15)20(24)25/h5-8,10-11H,3-4,9,12,21H2,1-2H3,(H,24,25). The number of hydrogen-bond acceptors (Lipinski definition) is 3. The van der Waals surface area contributed by atoms with E-state index in [-0.39, 0.29) is 5.56 Å². The zero-order valence-electron chi connectivity index (χ0n) is 14.7. The maximum Gasteiger partial charge on any atom is 0.110 e. The van der Waals surface area contributed by atoms with Crippen molar-refractivity contribution in [3.05, 3.63) is 64.5 Å². The van der Waals surface area contributed by atoms with Crippen LogP contribution in [0, 0.1) is 13.8 Å². The largest absolute Gasteiger partial charge is 0.545 e. The van der Waals surface area contributed by atoms with E-state index in [9.17, 15) is 9.90 Å². The smallest absolute Gasteiger partial charge is 0.110 e. The van der Waals surface area contributed by atoms with Crippen molar-refractivity contribution in [3.63, 3.8) is 0 Å². The Kier molecular flexibility index (Phi) is 4.86. The highest BCUT2D eigenvalue weighted by Gasteiger charge is 2.12. The average Bonchev–Trinajstić information content (AvgIpc) is 2.90. The molecule has 0 spiro atoms. The second kappa shape index (κ2) is 7.07. The summed E-state index contributed by atoms with van der Waals surface area (Å²) in [5, 5.41) is 10.9. The summed E-state index contributed by atoms with van der Waals surface area (Å²) in [6.45, 7) is 5.75. The van der Waals surface area contributed by atoms with Gasteiger partial charge in [0.15, 0.2) is 0 Å². The average molecular weight is 337 g/mol. The van der Waals surface area contributed by atoms with Crippen LogP contribution in [0.5, 0.6) is 0 Å². The molecule has 130 valence electrons. The maximum atomic E-state index is 10.9. The quantitative estimate of drug-likeness (QED) is 0.734. The molecule has 3 aromatic rings. The van der Waals surface area contributed by atoms with Gasteiger partial charge in [0.1, 0.15) is 5.82 Å². The van der Waals surface area contributed by atoms with Crippen LogP contribution >= 0.6 is 0 Å². The van der Waals surface area contributed by atoms with E-state index in [1.54, 1.807) is 12.1 Å². The van der Waals surface area contributed by atoms with Crippen LogP contribution in [0.4, 0.5) is 0 Å². The molecule has 2 aromatic carbocycles. The van der Waals surface area contributed by atoms with Crippen LogP contribution in [0.2, 0.25) is 0 Å².